The zero-order valence-electron chi connectivity index (χ0n) is 17.6. The molecular weight excluding hydrogens is 412 g/mol. The minimum Gasteiger partial charge on any atom is -0.497 e. The molecule has 0 aromatic heterocycles. The number of nitrogens with zero attached hydrogens (tertiary/aromatic N) is 2. The molecule has 0 aliphatic carbocycles. The first-order valence-corrected chi connectivity index (χ1v) is 10.5. The average molecular weight is 436 g/mol. The van der Waals surface area contributed by atoms with Crippen molar-refractivity contribution in [1.29, 1.82) is 0 Å². The van der Waals surface area contributed by atoms with Gasteiger partial charge in [-0.3, -0.25) is 19.8 Å². The molecule has 0 saturated carbocycles. The van der Waals surface area contributed by atoms with Gasteiger partial charge in [0.25, 0.3) is 11.8 Å². The summed E-state index contributed by atoms with van der Waals surface area (Å²) in [6.07, 6.45) is -1.02. The van der Waals surface area contributed by atoms with E-state index in [9.17, 15) is 19.5 Å². The molecule has 3 heterocycles. The van der Waals surface area contributed by atoms with Crippen LogP contribution in [-0.4, -0.2) is 58.2 Å². The van der Waals surface area contributed by atoms with Crippen molar-refractivity contribution in [3.8, 4) is 5.75 Å². The van der Waals surface area contributed by atoms with Crippen LogP contribution in [0.15, 0.2) is 42.5 Å². The zero-order valence-corrected chi connectivity index (χ0v) is 17.6. The van der Waals surface area contributed by atoms with Crippen molar-refractivity contribution in [3.05, 3.63) is 64.7 Å². The Morgan fingerprint density at radius 1 is 1.06 bits per heavy atom. The maximum Gasteiger partial charge on any atom is 0.322 e. The molecule has 1 fully saturated rings. The summed E-state index contributed by atoms with van der Waals surface area (Å²) in [5.74, 6) is -0.209. The van der Waals surface area contributed by atoms with Gasteiger partial charge in [0.2, 0.25) is 0 Å². The van der Waals surface area contributed by atoms with Gasteiger partial charge in [-0.15, -0.1) is 0 Å². The Morgan fingerprint density at radius 3 is 2.41 bits per heavy atom. The Labute approximate surface area is 184 Å². The number of hydrogen-bond acceptors (Lipinski definition) is 6. The second-order valence-corrected chi connectivity index (χ2v) is 8.53. The molecule has 9 heteroatoms. The fourth-order valence-electron chi connectivity index (χ4n) is 4.78. The summed E-state index contributed by atoms with van der Waals surface area (Å²) in [4.78, 5) is 41.3. The second kappa shape index (κ2) is 7.61. The number of fused-ring (bicyclic) bond motifs is 2. The number of urea groups is 1. The van der Waals surface area contributed by atoms with Gasteiger partial charge in [0, 0.05) is 31.6 Å². The van der Waals surface area contributed by atoms with Crippen LogP contribution in [0.4, 0.5) is 4.79 Å². The number of carbonyl (C=O) groups excluding carboxylic acids is 3. The standard InChI is InChI=1S/C23H24N4O5/c1-32-17-7-6-16-12-27(20(29)18(16)8-17)13-23(21(30)24-22(31)25-23)9-19(28)26-10-14-4-2-3-5-15(14)11-26/h2-8,19,28H,9-13H2,1H3,(H2,24,25,30,31). The third-order valence-electron chi connectivity index (χ3n) is 6.49. The first kappa shape index (κ1) is 20.5. The normalized spacial score (nSPS) is 23.1. The van der Waals surface area contributed by atoms with Crippen LogP contribution in [0.25, 0.3) is 0 Å². The van der Waals surface area contributed by atoms with Gasteiger partial charge >= 0.3 is 6.03 Å². The Hall–Kier alpha value is -3.43. The third kappa shape index (κ3) is 3.39. The molecule has 1 saturated heterocycles. The lowest BCUT2D eigenvalue weighted by Crippen LogP contribution is -2.58. The predicted octanol–water partition coefficient (Wildman–Crippen LogP) is 0.953. The molecule has 2 aromatic rings. The number of benzene rings is 2. The molecule has 2 atom stereocenters. The van der Waals surface area contributed by atoms with E-state index in [4.69, 9.17) is 4.74 Å². The van der Waals surface area contributed by atoms with E-state index in [1.54, 1.807) is 12.1 Å². The number of ether oxygens (including phenoxy) is 1. The lowest BCUT2D eigenvalue weighted by molar-refractivity contribution is -0.127. The van der Waals surface area contributed by atoms with E-state index in [0.717, 1.165) is 16.7 Å². The number of aliphatic hydroxyl groups excluding tert-OH is 1. The SMILES string of the molecule is COc1ccc2c(c1)C(=O)N(CC1(CC(O)N3Cc4ccccc4C3)NC(=O)NC1=O)C2. The molecule has 3 N–H and O–H groups in total. The summed E-state index contributed by atoms with van der Waals surface area (Å²) >= 11 is 0. The van der Waals surface area contributed by atoms with E-state index in [-0.39, 0.29) is 18.9 Å². The Morgan fingerprint density at radius 2 is 1.78 bits per heavy atom. The van der Waals surface area contributed by atoms with Crippen molar-refractivity contribution < 1.29 is 24.2 Å². The van der Waals surface area contributed by atoms with E-state index in [1.807, 2.05) is 35.2 Å². The zero-order chi connectivity index (χ0) is 22.5. The van der Waals surface area contributed by atoms with Gasteiger partial charge in [-0.05, 0) is 28.8 Å². The van der Waals surface area contributed by atoms with Gasteiger partial charge in [0.1, 0.15) is 17.5 Å². The van der Waals surface area contributed by atoms with Crippen molar-refractivity contribution in [1.82, 2.24) is 20.4 Å². The fraction of sp³-hybridized carbons (Fsp3) is 0.348. The largest absolute Gasteiger partial charge is 0.497 e. The van der Waals surface area contributed by atoms with Crippen LogP contribution in [0, 0.1) is 0 Å². The lowest BCUT2D eigenvalue weighted by Gasteiger charge is -2.34. The van der Waals surface area contributed by atoms with Crippen molar-refractivity contribution in [2.75, 3.05) is 13.7 Å². The summed E-state index contributed by atoms with van der Waals surface area (Å²) in [5.41, 5.74) is 2.16. The summed E-state index contributed by atoms with van der Waals surface area (Å²) < 4.78 is 5.21. The number of hydrogen-bond donors (Lipinski definition) is 3. The first-order valence-electron chi connectivity index (χ1n) is 10.5. The van der Waals surface area contributed by atoms with Crippen molar-refractivity contribution in [2.24, 2.45) is 0 Å². The minimum atomic E-state index is -1.42. The number of amides is 4. The Kier molecular flexibility index (Phi) is 4.87. The monoisotopic (exact) mass is 436 g/mol. The molecule has 0 spiro atoms. The van der Waals surface area contributed by atoms with Crippen LogP contribution in [0.3, 0.4) is 0 Å². The molecule has 0 radical (unpaired) electrons. The highest BCUT2D eigenvalue weighted by Gasteiger charge is 2.51. The first-order chi connectivity index (χ1) is 15.4. The fourth-order valence-corrected chi connectivity index (χ4v) is 4.78. The topological polar surface area (TPSA) is 111 Å². The quantitative estimate of drug-likeness (QED) is 0.582. The molecule has 5 rings (SSSR count). The molecule has 3 aliphatic heterocycles. The van der Waals surface area contributed by atoms with Crippen LogP contribution in [0.5, 0.6) is 5.75 Å². The maximum atomic E-state index is 13.0. The number of nitrogens with one attached hydrogen (secondary N) is 2. The number of methoxy groups -OCH3 is 1. The molecule has 32 heavy (non-hydrogen) atoms. The third-order valence-corrected chi connectivity index (χ3v) is 6.49. The smallest absolute Gasteiger partial charge is 0.322 e. The van der Waals surface area contributed by atoms with Crippen LogP contribution in [0.2, 0.25) is 0 Å². The maximum absolute atomic E-state index is 13.0. The molecule has 166 valence electrons. The number of aliphatic hydroxyl groups is 1. The molecular formula is C23H24N4O5. The Bertz CT molecular complexity index is 1090. The number of rotatable bonds is 6. The molecule has 2 unspecified atom stereocenters. The van der Waals surface area contributed by atoms with Crippen LogP contribution in [-0.2, 0) is 24.4 Å². The Balaban J connectivity index is 1.36. The van der Waals surface area contributed by atoms with Gasteiger partial charge in [-0.1, -0.05) is 30.3 Å². The molecule has 2 aromatic carbocycles. The van der Waals surface area contributed by atoms with E-state index in [1.165, 1.54) is 12.0 Å². The van der Waals surface area contributed by atoms with Gasteiger partial charge in [0.05, 0.1) is 13.7 Å². The van der Waals surface area contributed by atoms with E-state index < -0.39 is 23.7 Å². The van der Waals surface area contributed by atoms with Gasteiger partial charge < -0.3 is 20.1 Å². The van der Waals surface area contributed by atoms with E-state index >= 15 is 0 Å². The summed E-state index contributed by atoms with van der Waals surface area (Å²) in [7, 11) is 1.53. The molecule has 4 amide bonds. The highest BCUT2D eigenvalue weighted by Crippen LogP contribution is 2.32. The average Bonchev–Trinajstić information content (AvgIpc) is 3.42. The van der Waals surface area contributed by atoms with E-state index in [0.29, 0.717) is 30.9 Å². The minimum absolute atomic E-state index is 0.0397. The van der Waals surface area contributed by atoms with Crippen LogP contribution < -0.4 is 15.4 Å². The van der Waals surface area contributed by atoms with Crippen molar-refractivity contribution in [2.45, 2.75) is 37.8 Å². The lowest BCUT2D eigenvalue weighted by atomic mass is 9.93. The van der Waals surface area contributed by atoms with E-state index in [2.05, 4.69) is 10.6 Å². The molecule has 9 nitrogen and oxygen atoms in total. The van der Waals surface area contributed by atoms with Gasteiger partial charge in [-0.25, -0.2) is 4.79 Å². The summed E-state index contributed by atoms with van der Waals surface area (Å²) in [6, 6.07) is 12.6. The van der Waals surface area contributed by atoms with Gasteiger partial charge in [0.15, 0.2) is 0 Å². The van der Waals surface area contributed by atoms with Crippen molar-refractivity contribution >= 4 is 17.8 Å². The molecule has 0 bridgehead atoms. The summed E-state index contributed by atoms with van der Waals surface area (Å²) in [5, 5.41) is 16.0. The number of carbonyl (C=O) groups is 3. The van der Waals surface area contributed by atoms with Crippen molar-refractivity contribution in [3.63, 3.8) is 0 Å². The predicted molar refractivity (Wildman–Crippen MR) is 113 cm³/mol. The second-order valence-electron chi connectivity index (χ2n) is 8.53. The van der Waals surface area contributed by atoms with Crippen LogP contribution in [0.1, 0.15) is 33.5 Å². The summed E-state index contributed by atoms with van der Waals surface area (Å²) in [6.45, 7) is 1.38. The van der Waals surface area contributed by atoms with Crippen LogP contribution >= 0.6 is 0 Å². The highest BCUT2D eigenvalue weighted by molar-refractivity contribution is 6.08. The molecule has 3 aliphatic rings. The number of imide groups is 1. The van der Waals surface area contributed by atoms with Gasteiger partial charge in [-0.2, -0.15) is 0 Å². The highest BCUT2D eigenvalue weighted by atomic mass is 16.5.